The Balaban J connectivity index is 2.26. The number of hydrogen-bond acceptors (Lipinski definition) is 2. The van der Waals surface area contributed by atoms with Gasteiger partial charge in [0.15, 0.2) is 0 Å². The average molecular weight is 318 g/mol. The Morgan fingerprint density at radius 2 is 1.75 bits per heavy atom. The Labute approximate surface area is 142 Å². The maximum atomic E-state index is 11.5. The Kier molecular flexibility index (Phi) is 4.15. The summed E-state index contributed by atoms with van der Waals surface area (Å²) in [6.07, 6.45) is 1.20. The lowest BCUT2D eigenvalue weighted by Gasteiger charge is -2.21. The van der Waals surface area contributed by atoms with Crippen molar-refractivity contribution < 1.29 is 9.53 Å². The van der Waals surface area contributed by atoms with Crippen molar-refractivity contribution in [2.24, 2.45) is 0 Å². The molecule has 3 aromatic carbocycles. The number of esters is 1. The van der Waals surface area contributed by atoms with Gasteiger partial charge in [0.2, 0.25) is 0 Å². The van der Waals surface area contributed by atoms with Gasteiger partial charge in [-0.05, 0) is 38.6 Å². The molecule has 0 amide bonds. The van der Waals surface area contributed by atoms with Crippen LogP contribution in [0.2, 0.25) is 0 Å². The molecule has 0 aliphatic heterocycles. The van der Waals surface area contributed by atoms with Crippen LogP contribution in [0, 0.1) is 0 Å². The molecular formula is C22H22O2. The SMILES string of the molecule is C=CC(=O)OCc1c2ccccc2cc2ccc(C(C)(C)C)cc12. The molecule has 0 saturated carbocycles. The summed E-state index contributed by atoms with van der Waals surface area (Å²) >= 11 is 0. The maximum absolute atomic E-state index is 11.5. The van der Waals surface area contributed by atoms with Crippen molar-refractivity contribution in [2.45, 2.75) is 32.8 Å². The first-order chi connectivity index (χ1) is 11.4. The van der Waals surface area contributed by atoms with Crippen LogP contribution >= 0.6 is 0 Å². The van der Waals surface area contributed by atoms with E-state index in [0.29, 0.717) is 0 Å². The Hall–Kier alpha value is -2.61. The highest BCUT2D eigenvalue weighted by atomic mass is 16.5. The van der Waals surface area contributed by atoms with Gasteiger partial charge in [-0.3, -0.25) is 0 Å². The highest BCUT2D eigenvalue weighted by molar-refractivity contribution is 6.02. The molecule has 0 atom stereocenters. The summed E-state index contributed by atoms with van der Waals surface area (Å²) in [7, 11) is 0. The number of fused-ring (bicyclic) bond motifs is 2. The van der Waals surface area contributed by atoms with Crippen molar-refractivity contribution in [3.05, 3.63) is 72.3 Å². The van der Waals surface area contributed by atoms with Gasteiger partial charge in [0.25, 0.3) is 0 Å². The third kappa shape index (κ3) is 3.05. The molecule has 3 aromatic rings. The van der Waals surface area contributed by atoms with E-state index in [1.54, 1.807) is 0 Å². The van der Waals surface area contributed by atoms with E-state index < -0.39 is 5.97 Å². The average Bonchev–Trinajstić information content (AvgIpc) is 2.57. The van der Waals surface area contributed by atoms with E-state index in [1.165, 1.54) is 11.6 Å². The molecule has 0 aliphatic rings. The van der Waals surface area contributed by atoms with Crippen LogP contribution in [0.3, 0.4) is 0 Å². The molecular weight excluding hydrogens is 296 g/mol. The summed E-state index contributed by atoms with van der Waals surface area (Å²) in [6, 6.07) is 16.9. The second-order valence-electron chi connectivity index (χ2n) is 7.07. The van der Waals surface area contributed by atoms with Gasteiger partial charge in [0.1, 0.15) is 6.61 Å². The normalized spacial score (nSPS) is 11.6. The predicted molar refractivity (Wildman–Crippen MR) is 100 cm³/mol. The molecule has 0 spiro atoms. The van der Waals surface area contributed by atoms with E-state index in [2.05, 4.69) is 63.7 Å². The highest BCUT2D eigenvalue weighted by Gasteiger charge is 2.16. The van der Waals surface area contributed by atoms with E-state index in [4.69, 9.17) is 4.74 Å². The van der Waals surface area contributed by atoms with Crippen molar-refractivity contribution in [3.8, 4) is 0 Å². The number of ether oxygens (including phenoxy) is 1. The highest BCUT2D eigenvalue weighted by Crippen LogP contribution is 2.33. The summed E-state index contributed by atoms with van der Waals surface area (Å²) in [5.41, 5.74) is 2.38. The molecule has 0 bridgehead atoms. The van der Waals surface area contributed by atoms with Crippen molar-refractivity contribution >= 4 is 27.5 Å². The lowest BCUT2D eigenvalue weighted by atomic mass is 9.84. The fourth-order valence-electron chi connectivity index (χ4n) is 2.98. The zero-order valence-electron chi connectivity index (χ0n) is 14.4. The van der Waals surface area contributed by atoms with Crippen molar-refractivity contribution in [2.75, 3.05) is 0 Å². The number of carbonyl (C=O) groups is 1. The first-order valence-corrected chi connectivity index (χ1v) is 8.14. The zero-order chi connectivity index (χ0) is 17.3. The number of carbonyl (C=O) groups excluding carboxylic acids is 1. The fourth-order valence-corrected chi connectivity index (χ4v) is 2.98. The van der Waals surface area contributed by atoms with Crippen LogP contribution in [-0.4, -0.2) is 5.97 Å². The van der Waals surface area contributed by atoms with Gasteiger partial charge in [-0.1, -0.05) is 69.8 Å². The second kappa shape index (κ2) is 6.12. The summed E-state index contributed by atoms with van der Waals surface area (Å²) in [6.45, 7) is 10.3. The minimum atomic E-state index is -0.400. The van der Waals surface area contributed by atoms with Crippen LogP contribution in [0.4, 0.5) is 0 Å². The molecule has 0 fully saturated rings. The smallest absolute Gasteiger partial charge is 0.330 e. The first-order valence-electron chi connectivity index (χ1n) is 8.14. The van der Waals surface area contributed by atoms with E-state index in [0.717, 1.165) is 27.1 Å². The molecule has 0 radical (unpaired) electrons. The molecule has 24 heavy (non-hydrogen) atoms. The molecule has 0 aliphatic carbocycles. The first kappa shape index (κ1) is 16.3. The van der Waals surface area contributed by atoms with Crippen LogP contribution in [0.5, 0.6) is 0 Å². The second-order valence-corrected chi connectivity index (χ2v) is 7.07. The van der Waals surface area contributed by atoms with Crippen LogP contribution in [0.1, 0.15) is 31.9 Å². The summed E-state index contributed by atoms with van der Waals surface area (Å²) in [5.74, 6) is -0.400. The Bertz CT molecular complexity index is 930. The standard InChI is InChI=1S/C22H22O2/c1-5-21(23)24-14-20-18-9-7-6-8-15(18)12-16-10-11-17(13-19(16)20)22(2,3)4/h5-13H,1,14H2,2-4H3. The van der Waals surface area contributed by atoms with E-state index in [-0.39, 0.29) is 12.0 Å². The Morgan fingerprint density at radius 1 is 1.04 bits per heavy atom. The van der Waals surface area contributed by atoms with Gasteiger partial charge >= 0.3 is 5.97 Å². The molecule has 3 rings (SSSR count). The van der Waals surface area contributed by atoms with Crippen LogP contribution in [0.25, 0.3) is 21.5 Å². The summed E-state index contributed by atoms with van der Waals surface area (Å²) in [5, 5.41) is 4.57. The quantitative estimate of drug-likeness (QED) is 0.361. The van der Waals surface area contributed by atoms with Gasteiger partial charge in [0.05, 0.1) is 0 Å². The van der Waals surface area contributed by atoms with Crippen molar-refractivity contribution in [3.63, 3.8) is 0 Å². The molecule has 0 N–H and O–H groups in total. The molecule has 0 aromatic heterocycles. The zero-order valence-corrected chi connectivity index (χ0v) is 14.4. The van der Waals surface area contributed by atoms with E-state index in [9.17, 15) is 4.79 Å². The summed E-state index contributed by atoms with van der Waals surface area (Å²) < 4.78 is 5.36. The van der Waals surface area contributed by atoms with Crippen molar-refractivity contribution in [1.82, 2.24) is 0 Å². The lowest BCUT2D eigenvalue weighted by Crippen LogP contribution is -2.11. The lowest BCUT2D eigenvalue weighted by molar-refractivity contribution is -0.138. The molecule has 122 valence electrons. The largest absolute Gasteiger partial charge is 0.458 e. The fraction of sp³-hybridized carbons (Fsp3) is 0.227. The van der Waals surface area contributed by atoms with Gasteiger partial charge in [-0.2, -0.15) is 0 Å². The monoisotopic (exact) mass is 318 g/mol. The molecule has 2 nitrogen and oxygen atoms in total. The maximum Gasteiger partial charge on any atom is 0.330 e. The van der Waals surface area contributed by atoms with Gasteiger partial charge < -0.3 is 4.74 Å². The third-order valence-corrected chi connectivity index (χ3v) is 4.37. The van der Waals surface area contributed by atoms with E-state index in [1.807, 2.05) is 12.1 Å². The topological polar surface area (TPSA) is 26.3 Å². The van der Waals surface area contributed by atoms with Gasteiger partial charge in [-0.15, -0.1) is 0 Å². The Morgan fingerprint density at radius 3 is 2.46 bits per heavy atom. The van der Waals surface area contributed by atoms with Crippen LogP contribution in [-0.2, 0) is 21.6 Å². The van der Waals surface area contributed by atoms with Crippen molar-refractivity contribution in [1.29, 1.82) is 0 Å². The molecule has 0 heterocycles. The minimum Gasteiger partial charge on any atom is -0.458 e. The van der Waals surface area contributed by atoms with Crippen LogP contribution < -0.4 is 0 Å². The molecule has 0 saturated heterocycles. The number of rotatable bonds is 3. The van der Waals surface area contributed by atoms with E-state index >= 15 is 0 Å². The van der Waals surface area contributed by atoms with Crippen LogP contribution in [0.15, 0.2) is 61.2 Å². The molecule has 2 heteroatoms. The minimum absolute atomic E-state index is 0.0644. The number of hydrogen-bond donors (Lipinski definition) is 0. The molecule has 0 unspecified atom stereocenters. The van der Waals surface area contributed by atoms with Gasteiger partial charge in [-0.25, -0.2) is 4.79 Å². The third-order valence-electron chi connectivity index (χ3n) is 4.37. The van der Waals surface area contributed by atoms with Gasteiger partial charge in [0, 0.05) is 11.6 Å². The predicted octanol–water partition coefficient (Wildman–Crippen LogP) is 5.52. The summed E-state index contributed by atoms with van der Waals surface area (Å²) in [4.78, 5) is 11.5. The number of benzene rings is 3.